The number of carbonyl (C=O) groups excluding carboxylic acids is 1. The second-order valence-corrected chi connectivity index (χ2v) is 7.62. The number of rotatable bonds is 4. The zero-order valence-electron chi connectivity index (χ0n) is 16.4. The zero-order chi connectivity index (χ0) is 20.7. The molecule has 0 spiro atoms. The van der Waals surface area contributed by atoms with Crippen molar-refractivity contribution in [1.82, 2.24) is 0 Å². The van der Waals surface area contributed by atoms with Crippen LogP contribution in [-0.4, -0.2) is 5.91 Å². The van der Waals surface area contributed by atoms with E-state index in [1.807, 2.05) is 26.8 Å². The summed E-state index contributed by atoms with van der Waals surface area (Å²) in [6.45, 7) is 5.80. The highest BCUT2D eigenvalue weighted by Gasteiger charge is 2.16. The van der Waals surface area contributed by atoms with Gasteiger partial charge in [0.1, 0.15) is 16.9 Å². The lowest BCUT2D eigenvalue weighted by Gasteiger charge is -2.09. The van der Waals surface area contributed by atoms with Crippen LogP contribution in [0.25, 0.3) is 21.9 Å². The first kappa shape index (κ1) is 19.3. The largest absolute Gasteiger partial charge is 0.461 e. The highest BCUT2D eigenvalue weighted by Crippen LogP contribution is 2.31. The Morgan fingerprint density at radius 2 is 1.72 bits per heavy atom. The van der Waals surface area contributed by atoms with Gasteiger partial charge in [0.15, 0.2) is 0 Å². The van der Waals surface area contributed by atoms with Crippen LogP contribution in [0.2, 0.25) is 5.02 Å². The lowest BCUT2D eigenvalue weighted by Crippen LogP contribution is -2.16. The molecule has 0 unspecified atom stereocenters. The van der Waals surface area contributed by atoms with Gasteiger partial charge in [-0.15, -0.1) is 0 Å². The molecule has 4 aromatic rings. The maximum atomic E-state index is 12.5. The van der Waals surface area contributed by atoms with E-state index in [1.165, 1.54) is 0 Å². The highest BCUT2D eigenvalue weighted by atomic mass is 35.5. The van der Waals surface area contributed by atoms with E-state index in [0.717, 1.165) is 27.7 Å². The molecule has 0 atom stereocenters. The molecule has 1 N–H and O–H groups in total. The Morgan fingerprint density at radius 1 is 1.00 bits per heavy atom. The molecule has 148 valence electrons. The predicted molar refractivity (Wildman–Crippen MR) is 115 cm³/mol. The van der Waals surface area contributed by atoms with Crippen molar-refractivity contribution >= 4 is 45.1 Å². The van der Waals surface area contributed by atoms with Crippen LogP contribution in [0.3, 0.4) is 0 Å². The molecule has 1 amide bonds. The number of furan rings is 1. The van der Waals surface area contributed by atoms with Crippen molar-refractivity contribution in [3.8, 4) is 0 Å². The van der Waals surface area contributed by atoms with Crippen LogP contribution >= 0.6 is 11.6 Å². The first-order valence-electron chi connectivity index (χ1n) is 9.35. The maximum Gasteiger partial charge on any atom is 0.339 e. The topological polar surface area (TPSA) is 72.5 Å². The van der Waals surface area contributed by atoms with Crippen LogP contribution in [0.4, 0.5) is 5.69 Å². The third kappa shape index (κ3) is 3.66. The fourth-order valence-electron chi connectivity index (χ4n) is 3.54. The summed E-state index contributed by atoms with van der Waals surface area (Å²) in [5.74, 6) is 0.649. The molecule has 0 aliphatic rings. The van der Waals surface area contributed by atoms with Crippen molar-refractivity contribution in [2.45, 2.75) is 33.6 Å². The number of halogens is 1. The van der Waals surface area contributed by atoms with Crippen molar-refractivity contribution in [2.75, 3.05) is 5.32 Å². The second kappa shape index (κ2) is 7.41. The van der Waals surface area contributed by atoms with Crippen LogP contribution in [-0.2, 0) is 11.2 Å². The molecule has 5 nitrogen and oxygen atoms in total. The number of hydrogen-bond acceptors (Lipinski definition) is 4. The summed E-state index contributed by atoms with van der Waals surface area (Å²) in [4.78, 5) is 24.8. The predicted octanol–water partition coefficient (Wildman–Crippen LogP) is 5.69. The number of carbonyl (C=O) groups is 1. The summed E-state index contributed by atoms with van der Waals surface area (Å²) in [6, 6.07) is 10.7. The minimum Gasteiger partial charge on any atom is -0.461 e. The van der Waals surface area contributed by atoms with Gasteiger partial charge in [-0.1, -0.05) is 17.7 Å². The van der Waals surface area contributed by atoms with E-state index in [-0.39, 0.29) is 18.7 Å². The van der Waals surface area contributed by atoms with Gasteiger partial charge < -0.3 is 14.2 Å². The summed E-state index contributed by atoms with van der Waals surface area (Å²) in [5, 5.41) is 5.19. The highest BCUT2D eigenvalue weighted by molar-refractivity contribution is 6.30. The van der Waals surface area contributed by atoms with Gasteiger partial charge in [-0.25, -0.2) is 4.79 Å². The van der Waals surface area contributed by atoms with Crippen molar-refractivity contribution in [3.05, 3.63) is 74.3 Å². The van der Waals surface area contributed by atoms with Crippen LogP contribution in [0.5, 0.6) is 0 Å². The van der Waals surface area contributed by atoms with E-state index in [0.29, 0.717) is 27.4 Å². The van der Waals surface area contributed by atoms with Gasteiger partial charge in [-0.2, -0.15) is 0 Å². The van der Waals surface area contributed by atoms with Gasteiger partial charge in [0.05, 0.1) is 0 Å². The van der Waals surface area contributed by atoms with Crippen LogP contribution in [0.1, 0.15) is 28.9 Å². The molecule has 0 radical (unpaired) electrons. The van der Waals surface area contributed by atoms with E-state index in [1.54, 1.807) is 30.3 Å². The van der Waals surface area contributed by atoms with E-state index in [2.05, 4.69) is 5.32 Å². The Labute approximate surface area is 172 Å². The number of aryl methyl sites for hydroxylation is 3. The van der Waals surface area contributed by atoms with Crippen molar-refractivity contribution < 1.29 is 13.6 Å². The molecule has 0 fully saturated rings. The SMILES string of the molecule is Cc1oc2cc3oc(=O)c(CCC(=O)Nc4cccc(Cl)c4)c(C)c3cc2c1C. The number of hydrogen-bond donors (Lipinski definition) is 1. The summed E-state index contributed by atoms with van der Waals surface area (Å²) < 4.78 is 11.3. The quantitative estimate of drug-likeness (QED) is 0.439. The maximum absolute atomic E-state index is 12.5. The first-order chi connectivity index (χ1) is 13.8. The second-order valence-electron chi connectivity index (χ2n) is 7.18. The third-order valence-corrected chi connectivity index (χ3v) is 5.53. The molecule has 4 rings (SSSR count). The summed E-state index contributed by atoms with van der Waals surface area (Å²) in [7, 11) is 0. The minimum absolute atomic E-state index is 0.162. The first-order valence-corrected chi connectivity index (χ1v) is 9.72. The van der Waals surface area contributed by atoms with Crippen LogP contribution in [0, 0.1) is 20.8 Å². The monoisotopic (exact) mass is 409 g/mol. The molecule has 0 saturated heterocycles. The molecule has 6 heteroatoms. The average Bonchev–Trinajstić information content (AvgIpc) is 2.93. The normalized spacial score (nSPS) is 11.3. The standard InChI is InChI=1S/C23H20ClNO4/c1-12-14(3)28-20-11-21-19(10-18(12)20)13(2)17(23(27)29-21)7-8-22(26)25-16-6-4-5-15(24)9-16/h4-6,9-11H,7-8H2,1-3H3,(H,25,26). The Morgan fingerprint density at radius 3 is 2.48 bits per heavy atom. The molecule has 0 aliphatic carbocycles. The smallest absolute Gasteiger partial charge is 0.339 e. The van der Waals surface area contributed by atoms with Gasteiger partial charge in [0.25, 0.3) is 0 Å². The fraction of sp³-hybridized carbons (Fsp3) is 0.217. The van der Waals surface area contributed by atoms with Crippen molar-refractivity contribution in [1.29, 1.82) is 0 Å². The molecule has 0 bridgehead atoms. The molecule has 2 heterocycles. The van der Waals surface area contributed by atoms with Crippen LogP contribution in [0.15, 0.2) is 50.0 Å². The Bertz CT molecular complexity index is 1320. The summed E-state index contributed by atoms with van der Waals surface area (Å²) >= 11 is 5.94. The number of benzene rings is 2. The van der Waals surface area contributed by atoms with E-state index >= 15 is 0 Å². The van der Waals surface area contributed by atoms with E-state index < -0.39 is 5.63 Å². The van der Waals surface area contributed by atoms with Crippen LogP contribution < -0.4 is 10.9 Å². The Balaban J connectivity index is 1.63. The van der Waals surface area contributed by atoms with Crippen molar-refractivity contribution in [2.24, 2.45) is 0 Å². The molecule has 0 saturated carbocycles. The van der Waals surface area contributed by atoms with E-state index in [4.69, 9.17) is 20.4 Å². The molecule has 0 aliphatic heterocycles. The molecule has 2 aromatic carbocycles. The minimum atomic E-state index is -0.426. The lowest BCUT2D eigenvalue weighted by atomic mass is 10.0. The molecular weight excluding hydrogens is 390 g/mol. The Hall–Kier alpha value is -3.05. The summed E-state index contributed by atoms with van der Waals surface area (Å²) in [5.41, 5.74) is 3.78. The van der Waals surface area contributed by atoms with Gasteiger partial charge in [0.2, 0.25) is 5.91 Å². The molecule has 2 aromatic heterocycles. The Kier molecular flexibility index (Phi) is 4.92. The zero-order valence-corrected chi connectivity index (χ0v) is 17.1. The van der Waals surface area contributed by atoms with Gasteiger partial charge in [-0.05, 0) is 62.6 Å². The van der Waals surface area contributed by atoms with E-state index in [9.17, 15) is 9.59 Å². The van der Waals surface area contributed by atoms with Gasteiger partial charge in [-0.3, -0.25) is 4.79 Å². The van der Waals surface area contributed by atoms with Gasteiger partial charge >= 0.3 is 5.63 Å². The summed E-state index contributed by atoms with van der Waals surface area (Å²) in [6.07, 6.45) is 0.452. The van der Waals surface area contributed by atoms with Crippen molar-refractivity contribution in [3.63, 3.8) is 0 Å². The third-order valence-electron chi connectivity index (χ3n) is 5.29. The lowest BCUT2D eigenvalue weighted by molar-refractivity contribution is -0.116. The number of amides is 1. The number of anilines is 1. The van der Waals surface area contributed by atoms with Gasteiger partial charge in [0, 0.05) is 39.5 Å². The molecular formula is C23H20ClNO4. The number of fused-ring (bicyclic) bond motifs is 2. The molecule has 29 heavy (non-hydrogen) atoms. The number of nitrogens with one attached hydrogen (secondary N) is 1. The fourth-order valence-corrected chi connectivity index (χ4v) is 3.73. The average molecular weight is 410 g/mol.